The van der Waals surface area contributed by atoms with Gasteiger partial charge in [0.05, 0.1) is 0 Å². The molecule has 1 unspecified atom stereocenters. The van der Waals surface area contributed by atoms with Crippen molar-refractivity contribution in [3.8, 4) is 0 Å². The van der Waals surface area contributed by atoms with Gasteiger partial charge in [0.2, 0.25) is 5.91 Å². The highest BCUT2D eigenvalue weighted by Crippen LogP contribution is 2.04. The molecule has 4 nitrogen and oxygen atoms in total. The standard InChI is InChI=1S/C10H17NO3/c1-4-8(7(2)3)11-9(12)5-6-10(13)14/h5-8H,4H2,1-3H3,(H,11,12)(H,13,14)/b6-5+. The van der Waals surface area contributed by atoms with E-state index in [-0.39, 0.29) is 11.9 Å². The molecule has 0 radical (unpaired) electrons. The predicted molar refractivity (Wildman–Crippen MR) is 53.8 cm³/mol. The lowest BCUT2D eigenvalue weighted by atomic mass is 10.0. The van der Waals surface area contributed by atoms with Gasteiger partial charge in [0, 0.05) is 18.2 Å². The molecule has 0 heterocycles. The van der Waals surface area contributed by atoms with Crippen LogP contribution in [0.25, 0.3) is 0 Å². The number of nitrogens with one attached hydrogen (secondary N) is 1. The Morgan fingerprint density at radius 1 is 1.36 bits per heavy atom. The first-order valence-corrected chi connectivity index (χ1v) is 4.68. The van der Waals surface area contributed by atoms with Gasteiger partial charge in [0.15, 0.2) is 0 Å². The minimum absolute atomic E-state index is 0.0981. The summed E-state index contributed by atoms with van der Waals surface area (Å²) in [5.74, 6) is -1.12. The molecule has 1 atom stereocenters. The highest BCUT2D eigenvalue weighted by molar-refractivity contribution is 5.93. The van der Waals surface area contributed by atoms with E-state index in [1.807, 2.05) is 20.8 Å². The van der Waals surface area contributed by atoms with Crippen LogP contribution < -0.4 is 5.32 Å². The Kier molecular flexibility index (Phi) is 5.60. The van der Waals surface area contributed by atoms with Crippen LogP contribution in [-0.2, 0) is 9.59 Å². The van der Waals surface area contributed by atoms with E-state index in [1.165, 1.54) is 0 Å². The van der Waals surface area contributed by atoms with Crippen LogP contribution >= 0.6 is 0 Å². The molecular formula is C10H17NO3. The van der Waals surface area contributed by atoms with Crippen LogP contribution in [0.15, 0.2) is 12.2 Å². The van der Waals surface area contributed by atoms with Crippen LogP contribution in [-0.4, -0.2) is 23.0 Å². The summed E-state index contributed by atoms with van der Waals surface area (Å²) in [6.45, 7) is 6.00. The second-order valence-corrected chi connectivity index (χ2v) is 3.44. The molecule has 1 amide bonds. The fraction of sp³-hybridized carbons (Fsp3) is 0.600. The lowest BCUT2D eigenvalue weighted by Gasteiger charge is -2.19. The molecule has 0 rings (SSSR count). The molecule has 0 fully saturated rings. The Balaban J connectivity index is 4.10. The molecule has 0 spiro atoms. The summed E-state index contributed by atoms with van der Waals surface area (Å²) in [6.07, 6.45) is 2.71. The first kappa shape index (κ1) is 12.7. The van der Waals surface area contributed by atoms with Crippen molar-refractivity contribution in [2.75, 3.05) is 0 Å². The van der Waals surface area contributed by atoms with Crippen LogP contribution in [0.5, 0.6) is 0 Å². The molecule has 0 aromatic carbocycles. The molecule has 14 heavy (non-hydrogen) atoms. The molecule has 80 valence electrons. The summed E-state index contributed by atoms with van der Waals surface area (Å²) >= 11 is 0. The number of carboxylic acid groups (broad SMARTS) is 1. The van der Waals surface area contributed by atoms with Crippen molar-refractivity contribution in [1.29, 1.82) is 0 Å². The van der Waals surface area contributed by atoms with Crippen molar-refractivity contribution in [1.82, 2.24) is 5.32 Å². The van der Waals surface area contributed by atoms with E-state index < -0.39 is 5.97 Å². The van der Waals surface area contributed by atoms with Crippen molar-refractivity contribution in [3.05, 3.63) is 12.2 Å². The monoisotopic (exact) mass is 199 g/mol. The Morgan fingerprint density at radius 2 is 1.93 bits per heavy atom. The van der Waals surface area contributed by atoms with Crippen molar-refractivity contribution < 1.29 is 14.7 Å². The van der Waals surface area contributed by atoms with Gasteiger partial charge in [-0.2, -0.15) is 0 Å². The van der Waals surface area contributed by atoms with Crippen LogP contribution in [0, 0.1) is 5.92 Å². The minimum Gasteiger partial charge on any atom is -0.478 e. The molecule has 0 aromatic heterocycles. The number of carbonyl (C=O) groups excluding carboxylic acids is 1. The van der Waals surface area contributed by atoms with Gasteiger partial charge in [-0.3, -0.25) is 4.79 Å². The highest BCUT2D eigenvalue weighted by atomic mass is 16.4. The number of aliphatic carboxylic acids is 1. The molecule has 0 aliphatic rings. The third-order valence-corrected chi connectivity index (χ3v) is 1.95. The smallest absolute Gasteiger partial charge is 0.328 e. The predicted octanol–water partition coefficient (Wildman–Crippen LogP) is 1.18. The second kappa shape index (κ2) is 6.18. The fourth-order valence-corrected chi connectivity index (χ4v) is 1.12. The number of amides is 1. The van der Waals surface area contributed by atoms with E-state index in [9.17, 15) is 9.59 Å². The van der Waals surface area contributed by atoms with Gasteiger partial charge in [0.25, 0.3) is 0 Å². The van der Waals surface area contributed by atoms with Crippen molar-refractivity contribution in [2.45, 2.75) is 33.2 Å². The number of carboxylic acids is 1. The van der Waals surface area contributed by atoms with Crippen molar-refractivity contribution in [2.24, 2.45) is 5.92 Å². The van der Waals surface area contributed by atoms with Gasteiger partial charge in [0.1, 0.15) is 0 Å². The first-order valence-electron chi connectivity index (χ1n) is 4.68. The van der Waals surface area contributed by atoms with E-state index in [2.05, 4.69) is 5.32 Å². The second-order valence-electron chi connectivity index (χ2n) is 3.44. The Labute approximate surface area is 84.0 Å². The van der Waals surface area contributed by atoms with E-state index in [4.69, 9.17) is 5.11 Å². The van der Waals surface area contributed by atoms with Crippen molar-refractivity contribution >= 4 is 11.9 Å². The van der Waals surface area contributed by atoms with Gasteiger partial charge in [-0.1, -0.05) is 20.8 Å². The molecule has 0 bridgehead atoms. The Hall–Kier alpha value is -1.32. The Bertz CT molecular complexity index is 234. The fourth-order valence-electron chi connectivity index (χ4n) is 1.12. The maximum absolute atomic E-state index is 11.2. The van der Waals surface area contributed by atoms with Gasteiger partial charge >= 0.3 is 5.97 Å². The molecule has 0 saturated heterocycles. The highest BCUT2D eigenvalue weighted by Gasteiger charge is 2.11. The molecule has 0 aliphatic heterocycles. The number of rotatable bonds is 5. The molecule has 0 aromatic rings. The van der Waals surface area contributed by atoms with Crippen LogP contribution in [0.2, 0.25) is 0 Å². The summed E-state index contributed by atoms with van der Waals surface area (Å²) in [7, 11) is 0. The Morgan fingerprint density at radius 3 is 2.29 bits per heavy atom. The summed E-state index contributed by atoms with van der Waals surface area (Å²) < 4.78 is 0. The zero-order valence-corrected chi connectivity index (χ0v) is 8.78. The van der Waals surface area contributed by atoms with Gasteiger partial charge in [-0.25, -0.2) is 4.79 Å². The third-order valence-electron chi connectivity index (χ3n) is 1.95. The largest absolute Gasteiger partial charge is 0.478 e. The van der Waals surface area contributed by atoms with E-state index in [1.54, 1.807) is 0 Å². The summed E-state index contributed by atoms with van der Waals surface area (Å²) in [4.78, 5) is 21.3. The van der Waals surface area contributed by atoms with E-state index in [0.717, 1.165) is 18.6 Å². The molecule has 0 saturated carbocycles. The third kappa shape index (κ3) is 5.35. The van der Waals surface area contributed by atoms with Crippen LogP contribution in [0.1, 0.15) is 27.2 Å². The SMILES string of the molecule is CCC(NC(=O)/C=C/C(=O)O)C(C)C. The zero-order chi connectivity index (χ0) is 11.1. The topological polar surface area (TPSA) is 66.4 Å². The van der Waals surface area contributed by atoms with Crippen LogP contribution in [0.3, 0.4) is 0 Å². The van der Waals surface area contributed by atoms with E-state index >= 15 is 0 Å². The van der Waals surface area contributed by atoms with E-state index in [0.29, 0.717) is 5.92 Å². The molecule has 0 aliphatic carbocycles. The quantitative estimate of drug-likeness (QED) is 0.653. The first-order chi connectivity index (χ1) is 6.47. The minimum atomic E-state index is -1.11. The lowest BCUT2D eigenvalue weighted by Crippen LogP contribution is -2.37. The lowest BCUT2D eigenvalue weighted by molar-refractivity contribution is -0.131. The van der Waals surface area contributed by atoms with Crippen molar-refractivity contribution in [3.63, 3.8) is 0 Å². The number of hydrogen-bond donors (Lipinski definition) is 2. The summed E-state index contributed by atoms with van der Waals surface area (Å²) in [6, 6.07) is 0.0981. The number of hydrogen-bond acceptors (Lipinski definition) is 2. The normalized spacial score (nSPS) is 13.1. The average molecular weight is 199 g/mol. The maximum Gasteiger partial charge on any atom is 0.328 e. The number of carbonyl (C=O) groups is 2. The molecule has 4 heteroatoms. The zero-order valence-electron chi connectivity index (χ0n) is 8.78. The van der Waals surface area contributed by atoms with Gasteiger partial charge in [-0.15, -0.1) is 0 Å². The average Bonchev–Trinajstić information content (AvgIpc) is 2.10. The summed E-state index contributed by atoms with van der Waals surface area (Å²) in [5.41, 5.74) is 0. The van der Waals surface area contributed by atoms with Gasteiger partial charge < -0.3 is 10.4 Å². The molecular weight excluding hydrogens is 182 g/mol. The maximum atomic E-state index is 11.2. The summed E-state index contributed by atoms with van der Waals surface area (Å²) in [5, 5.41) is 11.0. The van der Waals surface area contributed by atoms with Crippen LogP contribution in [0.4, 0.5) is 0 Å². The van der Waals surface area contributed by atoms with Gasteiger partial charge in [-0.05, 0) is 12.3 Å². The molecule has 2 N–H and O–H groups in total.